The molecule has 0 aliphatic heterocycles. The highest BCUT2D eigenvalue weighted by Gasteiger charge is 2.30. The lowest BCUT2D eigenvalue weighted by atomic mass is 10.2. The number of aromatic nitrogens is 3. The first-order valence-corrected chi connectivity index (χ1v) is 6.58. The first-order valence-electron chi connectivity index (χ1n) is 6.17. The van der Waals surface area contributed by atoms with Crippen LogP contribution in [0.2, 0.25) is 0 Å². The van der Waals surface area contributed by atoms with Crippen LogP contribution in [0.25, 0.3) is 0 Å². The fourth-order valence-corrected chi connectivity index (χ4v) is 2.94. The van der Waals surface area contributed by atoms with E-state index in [0.29, 0.717) is 12.1 Å². The van der Waals surface area contributed by atoms with E-state index in [1.54, 1.807) is 0 Å². The molecule has 5 heteroatoms. The van der Waals surface area contributed by atoms with Crippen LogP contribution in [0, 0.1) is 4.77 Å². The highest BCUT2D eigenvalue weighted by molar-refractivity contribution is 7.71. The third-order valence-corrected chi connectivity index (χ3v) is 4.07. The SMILES string of the molecule is CN(c1n[nH]c(=S)n1C1CC1)C1CCCC1. The topological polar surface area (TPSA) is 36.9 Å². The van der Waals surface area contributed by atoms with Crippen LogP contribution in [0.15, 0.2) is 0 Å². The van der Waals surface area contributed by atoms with Gasteiger partial charge in [-0.25, -0.2) is 5.10 Å². The lowest BCUT2D eigenvalue weighted by Crippen LogP contribution is -2.31. The Hall–Kier alpha value is -0.840. The molecular formula is C11H18N4S. The van der Waals surface area contributed by atoms with Gasteiger partial charge in [0.25, 0.3) is 0 Å². The van der Waals surface area contributed by atoms with Gasteiger partial charge >= 0.3 is 0 Å². The molecule has 0 unspecified atom stereocenters. The molecule has 2 aliphatic rings. The highest BCUT2D eigenvalue weighted by atomic mass is 32.1. The standard InChI is InChI=1S/C11H18N4S/c1-14(8-4-2-3-5-8)10-12-13-11(16)15(10)9-6-7-9/h8-9H,2-7H2,1H3,(H,13,16). The van der Waals surface area contributed by atoms with E-state index in [1.165, 1.54) is 38.5 Å². The number of hydrogen-bond donors (Lipinski definition) is 1. The summed E-state index contributed by atoms with van der Waals surface area (Å²) in [7, 11) is 2.15. The van der Waals surface area contributed by atoms with Crippen molar-refractivity contribution < 1.29 is 0 Å². The predicted molar refractivity (Wildman–Crippen MR) is 66.3 cm³/mol. The number of anilines is 1. The predicted octanol–water partition coefficient (Wildman–Crippen LogP) is 2.65. The van der Waals surface area contributed by atoms with Gasteiger partial charge in [-0.15, -0.1) is 5.10 Å². The van der Waals surface area contributed by atoms with Crippen molar-refractivity contribution in [1.82, 2.24) is 14.8 Å². The number of hydrogen-bond acceptors (Lipinski definition) is 3. The summed E-state index contributed by atoms with van der Waals surface area (Å²) in [4.78, 5) is 2.32. The number of nitrogens with one attached hydrogen (secondary N) is 1. The molecule has 3 rings (SSSR count). The minimum atomic E-state index is 0.602. The molecule has 2 aliphatic carbocycles. The molecule has 4 nitrogen and oxygen atoms in total. The average Bonchev–Trinajstić information content (AvgIpc) is 2.82. The summed E-state index contributed by atoms with van der Waals surface area (Å²) in [5, 5.41) is 7.33. The second-order valence-corrected chi connectivity index (χ2v) is 5.37. The quantitative estimate of drug-likeness (QED) is 0.823. The number of rotatable bonds is 3. The number of nitrogens with zero attached hydrogens (tertiary/aromatic N) is 3. The third kappa shape index (κ3) is 1.67. The maximum Gasteiger partial charge on any atom is 0.225 e. The first kappa shape index (κ1) is 10.3. The normalized spacial score (nSPS) is 21.6. The second-order valence-electron chi connectivity index (χ2n) is 4.98. The van der Waals surface area contributed by atoms with Crippen molar-refractivity contribution >= 4 is 18.2 Å². The van der Waals surface area contributed by atoms with Crippen molar-refractivity contribution in [3.05, 3.63) is 4.77 Å². The molecule has 0 aromatic carbocycles. The fraction of sp³-hybridized carbons (Fsp3) is 0.818. The minimum Gasteiger partial charge on any atom is -0.341 e. The summed E-state index contributed by atoms with van der Waals surface area (Å²) in [5.74, 6) is 1.04. The van der Waals surface area contributed by atoms with E-state index >= 15 is 0 Å². The largest absolute Gasteiger partial charge is 0.341 e. The molecule has 1 heterocycles. The molecule has 16 heavy (non-hydrogen) atoms. The summed E-state index contributed by atoms with van der Waals surface area (Å²) in [5.41, 5.74) is 0. The molecule has 0 atom stereocenters. The van der Waals surface area contributed by atoms with Gasteiger partial charge in [0.05, 0.1) is 0 Å². The summed E-state index contributed by atoms with van der Waals surface area (Å²) in [6.07, 6.45) is 7.79. The van der Waals surface area contributed by atoms with E-state index in [2.05, 4.69) is 26.7 Å². The zero-order chi connectivity index (χ0) is 11.1. The van der Waals surface area contributed by atoms with E-state index in [4.69, 9.17) is 12.2 Å². The van der Waals surface area contributed by atoms with Crippen LogP contribution < -0.4 is 4.90 Å². The molecule has 1 aromatic rings. The zero-order valence-corrected chi connectivity index (χ0v) is 10.5. The van der Waals surface area contributed by atoms with Crippen molar-refractivity contribution in [3.8, 4) is 0 Å². The molecule has 0 amide bonds. The summed E-state index contributed by atoms with van der Waals surface area (Å²) in [6.45, 7) is 0. The Morgan fingerprint density at radius 2 is 2.00 bits per heavy atom. The van der Waals surface area contributed by atoms with Gasteiger partial charge in [-0.2, -0.15) is 0 Å². The van der Waals surface area contributed by atoms with Crippen LogP contribution in [0.5, 0.6) is 0 Å². The zero-order valence-electron chi connectivity index (χ0n) is 9.65. The molecule has 2 fully saturated rings. The molecule has 0 bridgehead atoms. The van der Waals surface area contributed by atoms with Gasteiger partial charge in [0, 0.05) is 19.1 Å². The van der Waals surface area contributed by atoms with Crippen LogP contribution in [0.4, 0.5) is 5.95 Å². The third-order valence-electron chi connectivity index (χ3n) is 3.79. The maximum atomic E-state index is 5.30. The lowest BCUT2D eigenvalue weighted by Gasteiger charge is -2.25. The monoisotopic (exact) mass is 238 g/mol. The van der Waals surface area contributed by atoms with E-state index < -0.39 is 0 Å². The summed E-state index contributed by atoms with van der Waals surface area (Å²) in [6, 6.07) is 1.26. The Bertz CT molecular complexity index is 425. The van der Waals surface area contributed by atoms with Gasteiger partial charge in [0.2, 0.25) is 5.95 Å². The van der Waals surface area contributed by atoms with Gasteiger partial charge in [0.15, 0.2) is 4.77 Å². The van der Waals surface area contributed by atoms with E-state index in [0.717, 1.165) is 10.7 Å². The molecule has 1 N–H and O–H groups in total. The Morgan fingerprint density at radius 1 is 1.31 bits per heavy atom. The molecule has 1 aromatic heterocycles. The van der Waals surface area contributed by atoms with E-state index in [1.807, 2.05) is 0 Å². The van der Waals surface area contributed by atoms with Gasteiger partial charge in [-0.3, -0.25) is 4.57 Å². The van der Waals surface area contributed by atoms with E-state index in [-0.39, 0.29) is 0 Å². The summed E-state index contributed by atoms with van der Waals surface area (Å²) >= 11 is 5.30. The molecule has 88 valence electrons. The van der Waals surface area contributed by atoms with Crippen LogP contribution in [-0.4, -0.2) is 27.9 Å². The van der Waals surface area contributed by atoms with Crippen LogP contribution >= 0.6 is 12.2 Å². The Balaban J connectivity index is 1.89. The van der Waals surface area contributed by atoms with Crippen LogP contribution in [-0.2, 0) is 0 Å². The van der Waals surface area contributed by atoms with Gasteiger partial charge in [-0.05, 0) is 37.9 Å². The molecular weight excluding hydrogens is 220 g/mol. The highest BCUT2D eigenvalue weighted by Crippen LogP contribution is 2.38. The smallest absolute Gasteiger partial charge is 0.225 e. The maximum absolute atomic E-state index is 5.30. The summed E-state index contributed by atoms with van der Waals surface area (Å²) < 4.78 is 2.98. The minimum absolute atomic E-state index is 0.602. The molecule has 2 saturated carbocycles. The van der Waals surface area contributed by atoms with Gasteiger partial charge in [0.1, 0.15) is 0 Å². The Kier molecular flexibility index (Phi) is 2.50. The van der Waals surface area contributed by atoms with Crippen molar-refractivity contribution in [2.24, 2.45) is 0 Å². The lowest BCUT2D eigenvalue weighted by molar-refractivity contribution is 0.609. The fourth-order valence-electron chi connectivity index (χ4n) is 2.66. The first-order chi connectivity index (χ1) is 7.77. The van der Waals surface area contributed by atoms with Crippen molar-refractivity contribution in [3.63, 3.8) is 0 Å². The Morgan fingerprint density at radius 3 is 2.62 bits per heavy atom. The molecule has 0 radical (unpaired) electrons. The van der Waals surface area contributed by atoms with E-state index in [9.17, 15) is 0 Å². The van der Waals surface area contributed by atoms with Crippen molar-refractivity contribution in [2.45, 2.75) is 50.6 Å². The Labute approximate surface area is 101 Å². The van der Waals surface area contributed by atoms with Crippen LogP contribution in [0.3, 0.4) is 0 Å². The number of H-pyrrole nitrogens is 1. The van der Waals surface area contributed by atoms with Crippen molar-refractivity contribution in [1.29, 1.82) is 0 Å². The van der Waals surface area contributed by atoms with Crippen molar-refractivity contribution in [2.75, 3.05) is 11.9 Å². The number of aromatic amines is 1. The van der Waals surface area contributed by atoms with Gasteiger partial charge < -0.3 is 4.90 Å². The second kappa shape index (κ2) is 3.87. The molecule has 0 spiro atoms. The average molecular weight is 238 g/mol. The van der Waals surface area contributed by atoms with Crippen LogP contribution in [0.1, 0.15) is 44.6 Å². The molecule has 0 saturated heterocycles. The van der Waals surface area contributed by atoms with Gasteiger partial charge in [-0.1, -0.05) is 12.8 Å².